The summed E-state index contributed by atoms with van der Waals surface area (Å²) in [5.41, 5.74) is 1.36. The van der Waals surface area contributed by atoms with Gasteiger partial charge in [0.15, 0.2) is 0 Å². The van der Waals surface area contributed by atoms with Crippen LogP contribution in [0.5, 0.6) is 0 Å². The molecule has 0 bridgehead atoms. The van der Waals surface area contributed by atoms with Crippen LogP contribution < -0.4 is 4.90 Å². The Kier molecular flexibility index (Phi) is 6.84. The number of halogens is 3. The van der Waals surface area contributed by atoms with Gasteiger partial charge in [0.25, 0.3) is 0 Å². The number of rotatable bonds is 7. The maximum atomic E-state index is 12.8. The first-order valence-corrected chi connectivity index (χ1v) is 8.63. The van der Waals surface area contributed by atoms with E-state index in [-0.39, 0.29) is 5.92 Å². The first kappa shape index (κ1) is 20.3. The lowest BCUT2D eigenvalue weighted by Gasteiger charge is -2.23. The topological polar surface area (TPSA) is 27.0 Å². The molecule has 0 aliphatic heterocycles. The van der Waals surface area contributed by atoms with E-state index in [0.29, 0.717) is 24.2 Å². The van der Waals surface area contributed by atoms with Gasteiger partial charge in [-0.3, -0.25) is 0 Å². The molecule has 1 atom stereocenters. The third-order valence-corrected chi connectivity index (χ3v) is 4.24. The Morgan fingerprint density at radius 3 is 2.26 bits per heavy atom. The van der Waals surface area contributed by atoms with Gasteiger partial charge < -0.3 is 4.90 Å². The van der Waals surface area contributed by atoms with Crippen molar-refractivity contribution in [2.75, 3.05) is 11.4 Å². The van der Waals surface area contributed by atoms with Crippen molar-refractivity contribution < 1.29 is 13.2 Å². The third kappa shape index (κ3) is 5.24. The Balaban J connectivity index is 2.39. The van der Waals surface area contributed by atoms with Gasteiger partial charge in [-0.25, -0.2) is 0 Å². The van der Waals surface area contributed by atoms with Crippen LogP contribution in [0, 0.1) is 11.3 Å². The summed E-state index contributed by atoms with van der Waals surface area (Å²) in [6.45, 7) is 6.27. The molecular weight excluding hydrogens is 349 g/mol. The highest BCUT2D eigenvalue weighted by Crippen LogP contribution is 2.32. The first-order valence-electron chi connectivity index (χ1n) is 8.63. The second-order valence-electron chi connectivity index (χ2n) is 5.99. The van der Waals surface area contributed by atoms with Crippen LogP contribution in [0.2, 0.25) is 0 Å². The molecule has 0 aromatic heterocycles. The fourth-order valence-electron chi connectivity index (χ4n) is 2.88. The fourth-order valence-corrected chi connectivity index (χ4v) is 2.88. The lowest BCUT2D eigenvalue weighted by Crippen LogP contribution is -2.21. The molecule has 5 heteroatoms. The van der Waals surface area contributed by atoms with Gasteiger partial charge >= 0.3 is 6.18 Å². The van der Waals surface area contributed by atoms with Crippen molar-refractivity contribution in [1.82, 2.24) is 0 Å². The third-order valence-electron chi connectivity index (χ3n) is 4.24. The lowest BCUT2D eigenvalue weighted by molar-refractivity contribution is -0.137. The molecule has 0 aliphatic rings. The summed E-state index contributed by atoms with van der Waals surface area (Å²) >= 11 is 0. The van der Waals surface area contributed by atoms with Gasteiger partial charge in [-0.2, -0.15) is 18.4 Å². The molecule has 0 spiro atoms. The molecule has 0 aliphatic carbocycles. The summed E-state index contributed by atoms with van der Waals surface area (Å²) in [6, 6.07) is 16.8. The molecule has 2 nitrogen and oxygen atoms in total. The Morgan fingerprint density at radius 2 is 1.78 bits per heavy atom. The number of nitrogens with zero attached hydrogens (tertiary/aromatic N) is 2. The van der Waals surface area contributed by atoms with Crippen molar-refractivity contribution in [2.45, 2.75) is 25.4 Å². The molecule has 140 valence electrons. The van der Waals surface area contributed by atoms with E-state index in [1.165, 1.54) is 12.1 Å². The van der Waals surface area contributed by atoms with E-state index in [9.17, 15) is 18.4 Å². The highest BCUT2D eigenvalue weighted by atomic mass is 19.4. The van der Waals surface area contributed by atoms with Crippen LogP contribution in [-0.2, 0) is 6.18 Å². The minimum atomic E-state index is -4.37. The second-order valence-corrected chi connectivity index (χ2v) is 5.99. The van der Waals surface area contributed by atoms with Crippen LogP contribution in [0.25, 0.3) is 0 Å². The predicted molar refractivity (Wildman–Crippen MR) is 102 cm³/mol. The van der Waals surface area contributed by atoms with Crippen molar-refractivity contribution >= 4 is 5.69 Å². The Bertz CT molecular complexity index is 815. The minimum Gasteiger partial charge on any atom is -0.333 e. The molecule has 0 unspecified atom stereocenters. The van der Waals surface area contributed by atoms with Gasteiger partial charge in [0.1, 0.15) is 11.8 Å². The highest BCUT2D eigenvalue weighted by molar-refractivity contribution is 5.55. The number of allylic oxidation sites excluding steroid dienone is 3. The summed E-state index contributed by atoms with van der Waals surface area (Å²) in [5, 5.41) is 9.67. The molecule has 2 rings (SSSR count). The Morgan fingerprint density at radius 1 is 1.15 bits per heavy atom. The number of benzene rings is 2. The van der Waals surface area contributed by atoms with E-state index >= 15 is 0 Å². The number of para-hydroxylation sites is 1. The van der Waals surface area contributed by atoms with Gasteiger partial charge in [0, 0.05) is 18.2 Å². The summed E-state index contributed by atoms with van der Waals surface area (Å²) < 4.78 is 38.4. The maximum absolute atomic E-state index is 12.8. The van der Waals surface area contributed by atoms with E-state index < -0.39 is 11.7 Å². The number of hydrogen-bond donors (Lipinski definition) is 0. The molecular formula is C22H21F3N2. The molecule has 27 heavy (non-hydrogen) atoms. The smallest absolute Gasteiger partial charge is 0.333 e. The number of hydrogen-bond acceptors (Lipinski definition) is 2. The van der Waals surface area contributed by atoms with E-state index in [2.05, 4.69) is 12.6 Å². The van der Waals surface area contributed by atoms with Crippen molar-refractivity contribution in [3.63, 3.8) is 0 Å². The van der Waals surface area contributed by atoms with E-state index in [4.69, 9.17) is 0 Å². The Hall–Kier alpha value is -3.00. The molecule has 0 amide bonds. The number of anilines is 1. The number of nitriles is 1. The van der Waals surface area contributed by atoms with Crippen molar-refractivity contribution in [1.29, 1.82) is 5.26 Å². The standard InChI is InChI=1S/C22H21F3N2/c1-3-8-18(17-11-13-19(14-12-17)22(23,24)25)15-21(16-26)27(4-2)20-9-6-5-7-10-20/h3,5-7,9-15,18H,1,4,8H2,2H3/b21-15+/t18-/m0/s1. The average molecular weight is 370 g/mol. The van der Waals surface area contributed by atoms with Crippen LogP contribution in [0.1, 0.15) is 30.4 Å². The quantitative estimate of drug-likeness (QED) is 0.422. The SMILES string of the molecule is C=CC[C@@H](/C=C(\C#N)N(CC)c1ccccc1)c1ccc(C(F)(F)F)cc1. The van der Waals surface area contributed by atoms with Crippen LogP contribution in [0.3, 0.4) is 0 Å². The molecule has 0 fully saturated rings. The summed E-state index contributed by atoms with van der Waals surface area (Å²) in [7, 11) is 0. The summed E-state index contributed by atoms with van der Waals surface area (Å²) in [6.07, 6.45) is -0.358. The second kappa shape index (κ2) is 9.09. The zero-order chi connectivity index (χ0) is 19.9. The molecule has 0 heterocycles. The van der Waals surface area contributed by atoms with Crippen LogP contribution in [0.4, 0.5) is 18.9 Å². The Labute approximate surface area is 157 Å². The van der Waals surface area contributed by atoms with E-state index in [1.54, 1.807) is 12.2 Å². The van der Waals surface area contributed by atoms with Crippen LogP contribution in [-0.4, -0.2) is 6.54 Å². The normalized spacial score (nSPS) is 12.9. The van der Waals surface area contributed by atoms with E-state index in [0.717, 1.165) is 17.8 Å². The van der Waals surface area contributed by atoms with E-state index in [1.807, 2.05) is 42.2 Å². The van der Waals surface area contributed by atoms with Crippen LogP contribution >= 0.6 is 0 Å². The van der Waals surface area contributed by atoms with Crippen molar-refractivity contribution in [3.05, 3.63) is 90.2 Å². The van der Waals surface area contributed by atoms with Gasteiger partial charge in [-0.15, -0.1) is 6.58 Å². The molecule has 2 aromatic carbocycles. The molecule has 0 radical (unpaired) electrons. The van der Waals surface area contributed by atoms with Gasteiger partial charge in [-0.05, 0) is 49.2 Å². The summed E-state index contributed by atoms with van der Waals surface area (Å²) in [4.78, 5) is 1.88. The largest absolute Gasteiger partial charge is 0.416 e. The zero-order valence-electron chi connectivity index (χ0n) is 15.1. The van der Waals surface area contributed by atoms with Gasteiger partial charge in [-0.1, -0.05) is 36.4 Å². The highest BCUT2D eigenvalue weighted by Gasteiger charge is 2.30. The maximum Gasteiger partial charge on any atom is 0.416 e. The van der Waals surface area contributed by atoms with Gasteiger partial charge in [0.05, 0.1) is 5.56 Å². The molecule has 0 saturated carbocycles. The average Bonchev–Trinajstić information content (AvgIpc) is 2.67. The first-order chi connectivity index (χ1) is 12.9. The molecule has 2 aromatic rings. The van der Waals surface area contributed by atoms with Gasteiger partial charge in [0.2, 0.25) is 0 Å². The zero-order valence-corrected chi connectivity index (χ0v) is 15.1. The molecule has 0 N–H and O–H groups in total. The van der Waals surface area contributed by atoms with Crippen molar-refractivity contribution in [2.24, 2.45) is 0 Å². The monoisotopic (exact) mass is 370 g/mol. The van der Waals surface area contributed by atoms with Crippen molar-refractivity contribution in [3.8, 4) is 6.07 Å². The summed E-state index contributed by atoms with van der Waals surface area (Å²) in [5.74, 6) is -0.239. The predicted octanol–water partition coefficient (Wildman–Crippen LogP) is 6.30. The lowest BCUT2D eigenvalue weighted by atomic mass is 9.93. The fraction of sp³-hybridized carbons (Fsp3) is 0.227. The molecule has 0 saturated heterocycles. The van der Waals surface area contributed by atoms with Crippen LogP contribution in [0.15, 0.2) is 79.0 Å². The minimum absolute atomic E-state index is 0.239. The number of alkyl halides is 3.